The van der Waals surface area contributed by atoms with Gasteiger partial charge in [-0.25, -0.2) is 0 Å². The Balaban J connectivity index is 1.65. The van der Waals surface area contributed by atoms with E-state index < -0.39 is 0 Å². The van der Waals surface area contributed by atoms with Crippen molar-refractivity contribution in [3.8, 4) is 0 Å². The van der Waals surface area contributed by atoms with Crippen molar-refractivity contribution in [1.29, 1.82) is 0 Å². The minimum absolute atomic E-state index is 0.155. The van der Waals surface area contributed by atoms with E-state index in [1.807, 2.05) is 19.1 Å². The van der Waals surface area contributed by atoms with Crippen LogP contribution in [0.4, 0.5) is 0 Å². The highest BCUT2D eigenvalue weighted by Gasteiger charge is 2.22. The van der Waals surface area contributed by atoms with E-state index in [1.165, 1.54) is 17.5 Å². The molecule has 4 heteroatoms. The number of hydrogen-bond donors (Lipinski definition) is 1. The third kappa shape index (κ3) is 4.51. The number of hydrogen-bond acceptors (Lipinski definition) is 3. The zero-order chi connectivity index (χ0) is 17.8. The molecule has 0 aliphatic carbocycles. The zero-order valence-electron chi connectivity index (χ0n) is 15.4. The average Bonchev–Trinajstić information content (AvgIpc) is 2.99. The van der Waals surface area contributed by atoms with Crippen LogP contribution < -0.4 is 5.32 Å². The lowest BCUT2D eigenvalue weighted by Gasteiger charge is -2.35. The molecule has 1 aromatic heterocycles. The topological polar surface area (TPSA) is 45.5 Å². The number of rotatable bonds is 5. The summed E-state index contributed by atoms with van der Waals surface area (Å²) < 4.78 is 5.27. The van der Waals surface area contributed by atoms with Gasteiger partial charge in [0, 0.05) is 31.7 Å². The Morgan fingerprint density at radius 3 is 2.48 bits per heavy atom. The number of aryl methyl sites for hydroxylation is 1. The molecule has 1 aliphatic rings. The van der Waals surface area contributed by atoms with Crippen LogP contribution in [-0.4, -0.2) is 23.9 Å². The van der Waals surface area contributed by atoms with Gasteiger partial charge in [0.1, 0.15) is 0 Å². The molecule has 1 fully saturated rings. The normalized spacial score (nSPS) is 21.2. The number of nitrogens with zero attached hydrogens (tertiary/aromatic N) is 1. The fourth-order valence-electron chi connectivity index (χ4n) is 3.91. The molecule has 0 bridgehead atoms. The maximum Gasteiger partial charge on any atom is 0.287 e. The molecule has 2 heterocycles. The van der Waals surface area contributed by atoms with Crippen LogP contribution in [0.1, 0.15) is 47.5 Å². The molecule has 2 atom stereocenters. The lowest BCUT2D eigenvalue weighted by atomic mass is 9.91. The zero-order valence-corrected chi connectivity index (χ0v) is 15.4. The quantitative estimate of drug-likeness (QED) is 0.895. The highest BCUT2D eigenvalue weighted by molar-refractivity contribution is 5.92. The second kappa shape index (κ2) is 7.87. The van der Waals surface area contributed by atoms with Crippen LogP contribution in [-0.2, 0) is 13.1 Å². The van der Waals surface area contributed by atoms with Crippen molar-refractivity contribution < 1.29 is 9.21 Å². The first-order valence-electron chi connectivity index (χ1n) is 9.14. The third-order valence-electron chi connectivity index (χ3n) is 4.96. The molecule has 0 unspecified atom stereocenters. The highest BCUT2D eigenvalue weighted by Crippen LogP contribution is 2.23. The lowest BCUT2D eigenvalue weighted by molar-refractivity contribution is 0.0922. The summed E-state index contributed by atoms with van der Waals surface area (Å²) in [5.74, 6) is 1.74. The Morgan fingerprint density at radius 1 is 1.16 bits per heavy atom. The maximum absolute atomic E-state index is 12.3. The molecule has 3 rings (SSSR count). The van der Waals surface area contributed by atoms with Crippen LogP contribution in [0.5, 0.6) is 0 Å². The van der Waals surface area contributed by atoms with Crippen molar-refractivity contribution in [2.24, 2.45) is 11.8 Å². The first kappa shape index (κ1) is 17.7. The van der Waals surface area contributed by atoms with Crippen LogP contribution in [0.15, 0.2) is 41.0 Å². The number of furan rings is 1. The van der Waals surface area contributed by atoms with Crippen molar-refractivity contribution in [1.82, 2.24) is 10.2 Å². The molecule has 1 aliphatic heterocycles. The summed E-state index contributed by atoms with van der Waals surface area (Å²) in [5, 5.41) is 2.99. The molecule has 4 nitrogen and oxygen atoms in total. The number of carbonyl (C=O) groups is 1. The Hall–Kier alpha value is -2.07. The van der Waals surface area contributed by atoms with Gasteiger partial charge in [-0.05, 0) is 42.4 Å². The van der Waals surface area contributed by atoms with Gasteiger partial charge in [-0.15, -0.1) is 0 Å². The molecule has 2 aromatic rings. The largest absolute Gasteiger partial charge is 0.459 e. The molecular formula is C21H28N2O2. The first-order valence-corrected chi connectivity index (χ1v) is 9.14. The minimum Gasteiger partial charge on any atom is -0.459 e. The Morgan fingerprint density at radius 2 is 1.84 bits per heavy atom. The van der Waals surface area contributed by atoms with E-state index in [2.05, 4.69) is 42.3 Å². The molecule has 25 heavy (non-hydrogen) atoms. The number of piperidine rings is 1. The number of likely N-dealkylation sites (tertiary alicyclic amines) is 1. The van der Waals surface area contributed by atoms with Crippen molar-refractivity contribution in [2.75, 3.05) is 13.1 Å². The van der Waals surface area contributed by atoms with Crippen LogP contribution in [0, 0.1) is 18.8 Å². The van der Waals surface area contributed by atoms with Crippen molar-refractivity contribution >= 4 is 5.91 Å². The Bertz CT molecular complexity index is 712. The molecule has 0 spiro atoms. The SMILES string of the molecule is Cc1ccoc1C(=O)NCc1ccccc1CN1C[C@H](C)C[C@@H](C)C1. The van der Waals surface area contributed by atoms with Gasteiger partial charge < -0.3 is 9.73 Å². The standard InChI is InChI=1S/C21H28N2O2/c1-15-10-16(2)13-23(12-15)14-19-7-5-4-6-18(19)11-22-21(24)20-17(3)8-9-25-20/h4-9,15-16H,10-14H2,1-3H3,(H,22,24)/t15-,16-/m1/s1. The van der Waals surface area contributed by atoms with Crippen molar-refractivity contribution in [2.45, 2.75) is 40.3 Å². The Labute approximate surface area is 150 Å². The summed E-state index contributed by atoms with van der Waals surface area (Å²) in [6.45, 7) is 10.3. The van der Waals surface area contributed by atoms with Crippen LogP contribution >= 0.6 is 0 Å². The van der Waals surface area contributed by atoms with E-state index in [4.69, 9.17) is 4.42 Å². The predicted octanol–water partition coefficient (Wildman–Crippen LogP) is 4.00. The fourth-order valence-corrected chi connectivity index (χ4v) is 3.91. The summed E-state index contributed by atoms with van der Waals surface area (Å²) in [6.07, 6.45) is 2.87. The van der Waals surface area contributed by atoms with E-state index in [9.17, 15) is 4.79 Å². The van der Waals surface area contributed by atoms with Crippen LogP contribution in [0.25, 0.3) is 0 Å². The molecule has 0 radical (unpaired) electrons. The van der Waals surface area contributed by atoms with Crippen molar-refractivity contribution in [3.63, 3.8) is 0 Å². The van der Waals surface area contributed by atoms with Crippen LogP contribution in [0.2, 0.25) is 0 Å². The summed E-state index contributed by atoms with van der Waals surface area (Å²) in [7, 11) is 0. The van der Waals surface area contributed by atoms with Gasteiger partial charge in [-0.2, -0.15) is 0 Å². The van der Waals surface area contributed by atoms with E-state index >= 15 is 0 Å². The summed E-state index contributed by atoms with van der Waals surface area (Å²) >= 11 is 0. The number of carbonyl (C=O) groups excluding carboxylic acids is 1. The number of amides is 1. The average molecular weight is 340 g/mol. The second-order valence-corrected chi connectivity index (χ2v) is 7.52. The van der Waals surface area contributed by atoms with Crippen LogP contribution in [0.3, 0.4) is 0 Å². The second-order valence-electron chi connectivity index (χ2n) is 7.52. The molecule has 1 saturated heterocycles. The molecular weight excluding hydrogens is 312 g/mol. The van der Waals surface area contributed by atoms with E-state index in [0.717, 1.165) is 37.0 Å². The van der Waals surface area contributed by atoms with Gasteiger partial charge >= 0.3 is 0 Å². The Kier molecular flexibility index (Phi) is 5.59. The van der Waals surface area contributed by atoms with Gasteiger partial charge in [0.15, 0.2) is 5.76 Å². The third-order valence-corrected chi connectivity index (χ3v) is 4.96. The smallest absolute Gasteiger partial charge is 0.287 e. The molecule has 0 saturated carbocycles. The molecule has 1 aromatic carbocycles. The number of nitrogens with one attached hydrogen (secondary N) is 1. The molecule has 1 amide bonds. The van der Waals surface area contributed by atoms with Gasteiger partial charge in [-0.3, -0.25) is 9.69 Å². The first-order chi connectivity index (χ1) is 12.0. The molecule has 134 valence electrons. The lowest BCUT2D eigenvalue weighted by Crippen LogP contribution is -2.38. The van der Waals surface area contributed by atoms with Gasteiger partial charge in [-0.1, -0.05) is 38.1 Å². The molecule has 1 N–H and O–H groups in total. The van der Waals surface area contributed by atoms with E-state index in [1.54, 1.807) is 6.26 Å². The van der Waals surface area contributed by atoms with Gasteiger partial charge in [0.05, 0.1) is 6.26 Å². The van der Waals surface area contributed by atoms with E-state index in [-0.39, 0.29) is 5.91 Å². The maximum atomic E-state index is 12.3. The number of benzene rings is 1. The predicted molar refractivity (Wildman–Crippen MR) is 99.3 cm³/mol. The monoisotopic (exact) mass is 340 g/mol. The minimum atomic E-state index is -0.155. The van der Waals surface area contributed by atoms with Gasteiger partial charge in [0.25, 0.3) is 5.91 Å². The summed E-state index contributed by atoms with van der Waals surface area (Å²) in [6, 6.07) is 10.2. The summed E-state index contributed by atoms with van der Waals surface area (Å²) in [4.78, 5) is 14.8. The van der Waals surface area contributed by atoms with E-state index in [0.29, 0.717) is 12.3 Å². The summed E-state index contributed by atoms with van der Waals surface area (Å²) in [5.41, 5.74) is 3.33. The van der Waals surface area contributed by atoms with Crippen molar-refractivity contribution in [3.05, 3.63) is 59.0 Å². The fraction of sp³-hybridized carbons (Fsp3) is 0.476. The highest BCUT2D eigenvalue weighted by atomic mass is 16.3. The van der Waals surface area contributed by atoms with Gasteiger partial charge in [0.2, 0.25) is 0 Å².